The number of benzene rings is 2. The van der Waals surface area contributed by atoms with Crippen LogP contribution in [0.2, 0.25) is 0 Å². The second kappa shape index (κ2) is 8.93. The summed E-state index contributed by atoms with van der Waals surface area (Å²) in [5.74, 6) is 1.04. The molecular weight excluding hydrogens is 438 g/mol. The highest BCUT2D eigenvalue weighted by Crippen LogP contribution is 2.21. The molecule has 32 heavy (non-hydrogen) atoms. The maximum atomic E-state index is 13.0. The van der Waals surface area contributed by atoms with Crippen molar-refractivity contribution in [2.24, 2.45) is 0 Å². The molecule has 1 amide bonds. The van der Waals surface area contributed by atoms with Crippen LogP contribution in [-0.4, -0.2) is 56.8 Å². The molecule has 4 aromatic rings. The summed E-state index contributed by atoms with van der Waals surface area (Å²) >= 11 is 0. The van der Waals surface area contributed by atoms with Crippen molar-refractivity contribution >= 4 is 46.5 Å². The van der Waals surface area contributed by atoms with Gasteiger partial charge in [0.25, 0.3) is 0 Å². The van der Waals surface area contributed by atoms with Crippen LogP contribution in [0.1, 0.15) is 5.56 Å². The highest BCUT2D eigenvalue weighted by molar-refractivity contribution is 7.28. The first-order valence-corrected chi connectivity index (χ1v) is 11.7. The van der Waals surface area contributed by atoms with Gasteiger partial charge in [-0.25, -0.2) is 0 Å². The zero-order chi connectivity index (χ0) is 22.1. The maximum Gasteiger partial charge on any atom is 0.227 e. The van der Waals surface area contributed by atoms with Crippen LogP contribution in [0.15, 0.2) is 60.9 Å². The molecule has 1 fully saturated rings. The second-order valence-electron chi connectivity index (χ2n) is 7.91. The molecule has 1 aliphatic heterocycles. The average molecular weight is 462 g/mol. The molecule has 0 saturated carbocycles. The van der Waals surface area contributed by atoms with Gasteiger partial charge < -0.3 is 9.80 Å². The van der Waals surface area contributed by atoms with Crippen molar-refractivity contribution in [3.63, 3.8) is 0 Å². The van der Waals surface area contributed by atoms with Gasteiger partial charge in [0.1, 0.15) is 12.1 Å². The molecule has 2 unspecified atom stereocenters. The molecule has 1 aliphatic rings. The molecule has 9 heteroatoms. The molecule has 0 bridgehead atoms. The van der Waals surface area contributed by atoms with Crippen molar-refractivity contribution in [1.29, 1.82) is 0 Å². The lowest BCUT2D eigenvalue weighted by atomic mass is 10.0. The third-order valence-electron chi connectivity index (χ3n) is 5.80. The largest absolute Gasteiger partial charge is 0.352 e. The first-order chi connectivity index (χ1) is 15.6. The number of nitrogens with zero attached hydrogens (tertiary/aromatic N) is 6. The van der Waals surface area contributed by atoms with E-state index < -0.39 is 0 Å². The Bertz CT molecular complexity index is 1270. The lowest BCUT2D eigenvalue weighted by Gasteiger charge is -2.35. The van der Waals surface area contributed by atoms with Crippen LogP contribution in [-0.2, 0) is 11.2 Å². The molecule has 2 atom stereocenters. The minimum absolute atomic E-state index is 0.162. The summed E-state index contributed by atoms with van der Waals surface area (Å²) in [5.41, 5.74) is 4.06. The number of amides is 1. The van der Waals surface area contributed by atoms with Crippen molar-refractivity contribution in [2.45, 2.75) is 6.42 Å². The molecule has 0 spiro atoms. The number of hydrogen-bond donors (Lipinski definition) is 0. The van der Waals surface area contributed by atoms with E-state index >= 15 is 0 Å². The highest BCUT2D eigenvalue weighted by Gasteiger charge is 2.22. The molecule has 162 valence electrons. The lowest BCUT2D eigenvalue weighted by molar-refractivity contribution is -0.130. The molecule has 3 heterocycles. The molecule has 0 N–H and O–H groups in total. The average Bonchev–Trinajstić information content (AvgIpc) is 3.29. The lowest BCUT2D eigenvalue weighted by Crippen LogP contribution is -2.49. The van der Waals surface area contributed by atoms with Crippen LogP contribution in [0.3, 0.4) is 0 Å². The second-order valence-corrected chi connectivity index (χ2v) is 9.20. The Kier molecular flexibility index (Phi) is 5.86. The van der Waals surface area contributed by atoms with Crippen molar-refractivity contribution in [3.05, 3.63) is 66.5 Å². The van der Waals surface area contributed by atoms with Gasteiger partial charge in [-0.1, -0.05) is 42.5 Å². The van der Waals surface area contributed by atoms with Gasteiger partial charge >= 0.3 is 0 Å². The molecular formula is C23H24N6OP2. The minimum Gasteiger partial charge on any atom is -0.352 e. The number of piperazine rings is 1. The van der Waals surface area contributed by atoms with Crippen molar-refractivity contribution in [3.8, 4) is 11.1 Å². The Morgan fingerprint density at radius 3 is 2.50 bits per heavy atom. The van der Waals surface area contributed by atoms with Gasteiger partial charge in [-0.3, -0.25) is 4.79 Å². The standard InChI is InChI=1S/C23H24N6OP2/c30-23(14-16-1-6-20(32)19(13-16)17-2-4-18(31)5-3-17)28-11-9-27(10-12-28)22-8-7-21-25-24-15-29(21)26-22/h1-8,13,15H,9-12,14,31-32H2. The predicted octanol–water partition coefficient (Wildman–Crippen LogP) is 1.68. The Morgan fingerprint density at radius 2 is 1.72 bits per heavy atom. The highest BCUT2D eigenvalue weighted by atomic mass is 31.0. The van der Waals surface area contributed by atoms with Gasteiger partial charge in [-0.05, 0) is 39.4 Å². The summed E-state index contributed by atoms with van der Waals surface area (Å²) in [7, 11) is 5.50. The summed E-state index contributed by atoms with van der Waals surface area (Å²) in [5, 5.41) is 14.7. The van der Waals surface area contributed by atoms with Gasteiger partial charge in [-0.15, -0.1) is 33.8 Å². The van der Waals surface area contributed by atoms with E-state index in [0.29, 0.717) is 19.5 Å². The molecule has 0 aliphatic carbocycles. The Labute approximate surface area is 191 Å². The van der Waals surface area contributed by atoms with Crippen LogP contribution >= 0.6 is 18.5 Å². The van der Waals surface area contributed by atoms with Gasteiger partial charge in [0.15, 0.2) is 5.65 Å². The number of rotatable bonds is 4. The zero-order valence-corrected chi connectivity index (χ0v) is 19.9. The van der Waals surface area contributed by atoms with E-state index in [-0.39, 0.29) is 5.91 Å². The topological polar surface area (TPSA) is 66.6 Å². The van der Waals surface area contributed by atoms with E-state index in [1.807, 2.05) is 23.1 Å². The van der Waals surface area contributed by atoms with E-state index in [9.17, 15) is 4.79 Å². The molecule has 2 aromatic carbocycles. The van der Waals surface area contributed by atoms with E-state index in [1.165, 1.54) is 0 Å². The smallest absolute Gasteiger partial charge is 0.227 e. The predicted molar refractivity (Wildman–Crippen MR) is 134 cm³/mol. The normalized spacial score (nSPS) is 14.2. The molecule has 1 saturated heterocycles. The maximum absolute atomic E-state index is 13.0. The van der Waals surface area contributed by atoms with Gasteiger partial charge in [-0.2, -0.15) is 4.52 Å². The quantitative estimate of drug-likeness (QED) is 0.432. The SMILES string of the molecule is O=C(Cc1ccc(P)c(-c2ccc(P)cc2)c1)N1CCN(c2ccc3nncn3n2)CC1. The van der Waals surface area contributed by atoms with Crippen LogP contribution < -0.4 is 15.5 Å². The fraction of sp³-hybridized carbons (Fsp3) is 0.217. The number of aromatic nitrogens is 4. The third kappa shape index (κ3) is 4.36. The number of carbonyl (C=O) groups excluding carboxylic acids is 1. The number of hydrogen-bond acceptors (Lipinski definition) is 5. The summed E-state index contributed by atoms with van der Waals surface area (Å²) in [4.78, 5) is 17.1. The summed E-state index contributed by atoms with van der Waals surface area (Å²) in [6.45, 7) is 2.88. The van der Waals surface area contributed by atoms with Crippen molar-refractivity contribution in [2.75, 3.05) is 31.1 Å². The summed E-state index contributed by atoms with van der Waals surface area (Å²) in [6.07, 6.45) is 2.01. The van der Waals surface area contributed by atoms with Crippen molar-refractivity contribution in [1.82, 2.24) is 24.7 Å². The monoisotopic (exact) mass is 462 g/mol. The van der Waals surface area contributed by atoms with E-state index in [2.05, 4.69) is 75.1 Å². The number of fused-ring (bicyclic) bond motifs is 1. The molecule has 0 radical (unpaired) electrons. The van der Waals surface area contributed by atoms with Crippen LogP contribution in [0.5, 0.6) is 0 Å². The molecule has 2 aromatic heterocycles. The molecule has 7 nitrogen and oxygen atoms in total. The Hall–Kier alpha value is -2.88. The minimum atomic E-state index is 0.162. The van der Waals surface area contributed by atoms with Gasteiger partial charge in [0.2, 0.25) is 5.91 Å². The zero-order valence-electron chi connectivity index (χ0n) is 17.6. The number of carbonyl (C=O) groups is 1. The summed E-state index contributed by atoms with van der Waals surface area (Å²) in [6, 6.07) is 18.5. The van der Waals surface area contributed by atoms with E-state index in [4.69, 9.17) is 0 Å². The van der Waals surface area contributed by atoms with Gasteiger partial charge in [0.05, 0.1) is 6.42 Å². The Balaban J connectivity index is 1.24. The van der Waals surface area contributed by atoms with E-state index in [0.717, 1.165) is 51.9 Å². The fourth-order valence-electron chi connectivity index (χ4n) is 3.98. The van der Waals surface area contributed by atoms with Crippen LogP contribution in [0, 0.1) is 0 Å². The fourth-order valence-corrected chi connectivity index (χ4v) is 4.52. The van der Waals surface area contributed by atoms with Crippen LogP contribution in [0.4, 0.5) is 5.82 Å². The van der Waals surface area contributed by atoms with Crippen LogP contribution in [0.25, 0.3) is 16.8 Å². The third-order valence-corrected chi connectivity index (χ3v) is 6.69. The summed E-state index contributed by atoms with van der Waals surface area (Å²) < 4.78 is 1.67. The first-order valence-electron chi connectivity index (χ1n) is 10.5. The molecule has 5 rings (SSSR count). The van der Waals surface area contributed by atoms with Gasteiger partial charge in [0, 0.05) is 26.2 Å². The van der Waals surface area contributed by atoms with E-state index in [1.54, 1.807) is 10.8 Å². The van der Waals surface area contributed by atoms with Crippen molar-refractivity contribution < 1.29 is 4.79 Å². The first kappa shape index (κ1) is 21.0. The number of anilines is 1. The Morgan fingerprint density at radius 1 is 0.938 bits per heavy atom.